The summed E-state index contributed by atoms with van der Waals surface area (Å²) >= 11 is 0. The molecule has 2 heterocycles. The van der Waals surface area contributed by atoms with Crippen LogP contribution < -0.4 is 0 Å². The van der Waals surface area contributed by atoms with Gasteiger partial charge < -0.3 is 4.90 Å². The van der Waals surface area contributed by atoms with Crippen molar-refractivity contribution in [2.45, 2.75) is 104 Å². The van der Waals surface area contributed by atoms with Gasteiger partial charge in [0.15, 0.2) is 0 Å². The van der Waals surface area contributed by atoms with Gasteiger partial charge in [-0.15, -0.1) is 0 Å². The molecule has 3 nitrogen and oxygen atoms in total. The van der Waals surface area contributed by atoms with Crippen LogP contribution in [-0.2, 0) is 4.79 Å². The fraction of sp³-hybridized carbons (Fsp3) is 0.958. The molecule has 1 aliphatic carbocycles. The van der Waals surface area contributed by atoms with Gasteiger partial charge in [-0.2, -0.15) is 0 Å². The molecule has 3 fully saturated rings. The number of carbonyl (C=O) groups is 1. The Labute approximate surface area is 177 Å². The monoisotopic (exact) mass is 414 g/mol. The third kappa shape index (κ3) is 5.92. The van der Waals surface area contributed by atoms with Gasteiger partial charge in [0.2, 0.25) is 5.91 Å². The highest BCUT2D eigenvalue weighted by Crippen LogP contribution is 2.47. The molecule has 0 aromatic rings. The van der Waals surface area contributed by atoms with Gasteiger partial charge in [-0.25, -0.2) is 8.78 Å². The molecule has 1 spiro atoms. The number of rotatable bonds is 4. The van der Waals surface area contributed by atoms with Crippen molar-refractivity contribution in [1.29, 1.82) is 0 Å². The number of carbonyl (C=O) groups excluding carboxylic acids is 1. The highest BCUT2D eigenvalue weighted by molar-refractivity contribution is 5.78. The van der Waals surface area contributed by atoms with Gasteiger partial charge in [-0.1, -0.05) is 41.0 Å². The summed E-state index contributed by atoms with van der Waals surface area (Å²) in [7, 11) is 0. The molecular weight excluding hydrogens is 370 g/mol. The maximum atomic E-state index is 14.5. The molecular formula is C24H44F2N2O. The van der Waals surface area contributed by atoms with Crippen molar-refractivity contribution in [3.8, 4) is 0 Å². The van der Waals surface area contributed by atoms with E-state index in [4.69, 9.17) is 0 Å². The van der Waals surface area contributed by atoms with Crippen LogP contribution in [0.25, 0.3) is 0 Å². The lowest BCUT2D eigenvalue weighted by molar-refractivity contribution is -0.138. The van der Waals surface area contributed by atoms with Crippen molar-refractivity contribution in [2.24, 2.45) is 17.3 Å². The summed E-state index contributed by atoms with van der Waals surface area (Å²) in [4.78, 5) is 16.3. The van der Waals surface area contributed by atoms with E-state index < -0.39 is 11.8 Å². The summed E-state index contributed by atoms with van der Waals surface area (Å²) in [6.45, 7) is 12.5. The first-order valence-corrected chi connectivity index (χ1v) is 12.2. The van der Waals surface area contributed by atoms with E-state index in [1.54, 1.807) is 0 Å². The molecule has 3 aliphatic rings. The van der Waals surface area contributed by atoms with Crippen LogP contribution in [0.3, 0.4) is 0 Å². The third-order valence-electron chi connectivity index (χ3n) is 7.57. The Balaban J connectivity index is 0.00000145. The molecule has 5 heteroatoms. The van der Waals surface area contributed by atoms with E-state index in [0.29, 0.717) is 24.3 Å². The molecule has 3 rings (SSSR count). The fourth-order valence-electron chi connectivity index (χ4n) is 5.67. The Kier molecular flexibility index (Phi) is 8.93. The maximum Gasteiger partial charge on any atom is 0.263 e. The quantitative estimate of drug-likeness (QED) is 0.565. The zero-order chi connectivity index (χ0) is 21.7. The summed E-state index contributed by atoms with van der Waals surface area (Å²) in [5, 5.41) is 0. The molecule has 0 aromatic heterocycles. The molecule has 29 heavy (non-hydrogen) atoms. The Morgan fingerprint density at radius 2 is 1.59 bits per heavy atom. The Hall–Kier alpha value is -0.710. The minimum absolute atomic E-state index is 0.0357. The summed E-state index contributed by atoms with van der Waals surface area (Å²) in [5.74, 6) is -2.59. The minimum Gasteiger partial charge on any atom is -0.342 e. The van der Waals surface area contributed by atoms with Gasteiger partial charge in [0.25, 0.3) is 5.92 Å². The molecule has 1 amide bonds. The number of alkyl halides is 2. The van der Waals surface area contributed by atoms with Gasteiger partial charge in [0.1, 0.15) is 0 Å². The van der Waals surface area contributed by atoms with Crippen LogP contribution in [0.1, 0.15) is 92.4 Å². The fourth-order valence-corrected chi connectivity index (χ4v) is 5.67. The highest BCUT2D eigenvalue weighted by atomic mass is 19.3. The molecule has 0 radical (unpaired) electrons. The second-order valence-electron chi connectivity index (χ2n) is 9.72. The summed E-state index contributed by atoms with van der Waals surface area (Å²) in [5.41, 5.74) is 0.354. The lowest BCUT2D eigenvalue weighted by Gasteiger charge is -2.49. The first kappa shape index (κ1) is 24.6. The first-order chi connectivity index (χ1) is 13.8. The maximum absolute atomic E-state index is 14.5. The first-order valence-electron chi connectivity index (χ1n) is 12.2. The zero-order valence-corrected chi connectivity index (χ0v) is 19.5. The molecule has 2 aliphatic heterocycles. The molecule has 0 N–H and O–H groups in total. The van der Waals surface area contributed by atoms with Crippen LogP contribution in [-0.4, -0.2) is 53.9 Å². The second-order valence-corrected chi connectivity index (χ2v) is 9.72. The number of piperidine rings is 2. The van der Waals surface area contributed by atoms with Crippen molar-refractivity contribution in [3.63, 3.8) is 0 Å². The predicted octanol–water partition coefficient (Wildman–Crippen LogP) is 5.98. The van der Waals surface area contributed by atoms with E-state index in [1.807, 2.05) is 39.5 Å². The van der Waals surface area contributed by atoms with Gasteiger partial charge in [0, 0.05) is 31.0 Å². The smallest absolute Gasteiger partial charge is 0.263 e. The molecule has 2 saturated heterocycles. The number of hydrogen-bond acceptors (Lipinski definition) is 2. The molecule has 1 unspecified atom stereocenters. The van der Waals surface area contributed by atoms with Crippen molar-refractivity contribution in [2.75, 3.05) is 26.2 Å². The van der Waals surface area contributed by atoms with E-state index in [9.17, 15) is 13.6 Å². The van der Waals surface area contributed by atoms with Crippen molar-refractivity contribution in [1.82, 2.24) is 9.80 Å². The van der Waals surface area contributed by atoms with E-state index in [-0.39, 0.29) is 18.4 Å². The number of nitrogens with zero attached hydrogens (tertiary/aromatic N) is 2. The Morgan fingerprint density at radius 1 is 1.00 bits per heavy atom. The normalized spacial score (nSPS) is 27.6. The van der Waals surface area contributed by atoms with Gasteiger partial charge in [-0.05, 0) is 63.3 Å². The Morgan fingerprint density at radius 3 is 2.07 bits per heavy atom. The molecule has 0 aromatic carbocycles. The SMILES string of the molecule is CC.CCCC1CCN(C2CCC3(CC2)CCN(C(=O)C(C)C)CC3)CC1(F)F. The van der Waals surface area contributed by atoms with Crippen LogP contribution in [0.15, 0.2) is 0 Å². The van der Waals surface area contributed by atoms with Crippen molar-refractivity contribution in [3.05, 3.63) is 0 Å². The summed E-state index contributed by atoms with van der Waals surface area (Å²) in [6, 6.07) is 0.333. The minimum atomic E-state index is -2.52. The van der Waals surface area contributed by atoms with Crippen LogP contribution in [0.4, 0.5) is 8.78 Å². The average molecular weight is 415 g/mol. The van der Waals surface area contributed by atoms with Crippen molar-refractivity contribution >= 4 is 5.91 Å². The highest BCUT2D eigenvalue weighted by Gasteiger charge is 2.47. The lowest BCUT2D eigenvalue weighted by atomic mass is 9.66. The van der Waals surface area contributed by atoms with E-state index in [2.05, 4.69) is 4.90 Å². The zero-order valence-electron chi connectivity index (χ0n) is 19.5. The molecule has 1 atom stereocenters. The second kappa shape index (κ2) is 10.5. The van der Waals surface area contributed by atoms with Gasteiger partial charge >= 0.3 is 0 Å². The van der Waals surface area contributed by atoms with E-state index >= 15 is 0 Å². The topological polar surface area (TPSA) is 23.6 Å². The van der Waals surface area contributed by atoms with Crippen molar-refractivity contribution < 1.29 is 13.6 Å². The predicted molar refractivity (Wildman–Crippen MR) is 116 cm³/mol. The molecule has 170 valence electrons. The standard InChI is InChI=1S/C22H38F2N2O.C2H6/c1-4-5-18-8-13-26(16-22(18,23)24)19-6-9-21(10-7-19)11-14-25(15-12-21)20(27)17(2)3;1-2/h17-19H,4-16H2,1-3H3;1-2H3. The summed E-state index contributed by atoms with van der Waals surface area (Å²) < 4.78 is 29.0. The third-order valence-corrected chi connectivity index (χ3v) is 7.57. The number of hydrogen-bond donors (Lipinski definition) is 0. The lowest BCUT2D eigenvalue weighted by Crippen LogP contribution is -2.54. The van der Waals surface area contributed by atoms with Crippen LogP contribution >= 0.6 is 0 Å². The van der Waals surface area contributed by atoms with Gasteiger partial charge in [0.05, 0.1) is 6.54 Å². The molecule has 0 bridgehead atoms. The number of halogens is 2. The van der Waals surface area contributed by atoms with Crippen LogP contribution in [0, 0.1) is 17.3 Å². The van der Waals surface area contributed by atoms with Crippen LogP contribution in [0.5, 0.6) is 0 Å². The van der Waals surface area contributed by atoms with E-state index in [1.165, 1.54) is 0 Å². The average Bonchev–Trinajstić information content (AvgIpc) is 2.71. The largest absolute Gasteiger partial charge is 0.342 e. The summed E-state index contributed by atoms with van der Waals surface area (Å²) in [6.07, 6.45) is 8.71. The number of likely N-dealkylation sites (tertiary alicyclic amines) is 2. The van der Waals surface area contributed by atoms with Crippen LogP contribution in [0.2, 0.25) is 0 Å². The number of amides is 1. The van der Waals surface area contributed by atoms with E-state index in [0.717, 1.165) is 64.6 Å². The Bertz CT molecular complexity index is 505. The van der Waals surface area contributed by atoms with Gasteiger partial charge in [-0.3, -0.25) is 9.69 Å². The molecule has 1 saturated carbocycles.